The molecular weight excluding hydrogens is 132 g/mol. The molecule has 0 rings (SSSR count). The lowest BCUT2D eigenvalue weighted by Crippen LogP contribution is -1.72. The van der Waals surface area contributed by atoms with E-state index in [1.807, 2.05) is 13.0 Å². The zero-order valence-corrected chi connectivity index (χ0v) is 6.78. The van der Waals surface area contributed by atoms with E-state index in [4.69, 9.17) is 11.6 Å². The Labute approximate surface area is 62.2 Å². The molecule has 0 atom stereocenters. The molecule has 1 heteroatoms. The normalized spacial score (nSPS) is 13.0. The summed E-state index contributed by atoms with van der Waals surface area (Å²) in [6.45, 7) is 4.17. The minimum atomic E-state index is 0.608. The van der Waals surface area contributed by atoms with Crippen LogP contribution < -0.4 is 0 Å². The van der Waals surface area contributed by atoms with Gasteiger partial charge in [0.25, 0.3) is 0 Å². The molecular formula is C8H13Cl. The lowest BCUT2D eigenvalue weighted by atomic mass is 10.2. The van der Waals surface area contributed by atoms with Crippen molar-refractivity contribution < 1.29 is 0 Å². The molecule has 0 saturated heterocycles. The van der Waals surface area contributed by atoms with Crippen molar-refractivity contribution in [2.45, 2.75) is 20.3 Å². The second-order valence-corrected chi connectivity index (χ2v) is 2.08. The first-order valence-corrected chi connectivity index (χ1v) is 3.76. The Morgan fingerprint density at radius 3 is 2.56 bits per heavy atom. The largest absolute Gasteiger partial charge is 0.122 e. The lowest BCUT2D eigenvalue weighted by molar-refractivity contribution is 1.14. The van der Waals surface area contributed by atoms with Gasteiger partial charge in [-0.25, -0.2) is 0 Å². The van der Waals surface area contributed by atoms with E-state index in [0.29, 0.717) is 5.88 Å². The zero-order valence-electron chi connectivity index (χ0n) is 6.02. The van der Waals surface area contributed by atoms with Crippen LogP contribution in [0, 0.1) is 0 Å². The maximum absolute atomic E-state index is 5.45. The number of rotatable bonds is 3. The smallest absolute Gasteiger partial charge is 0.0407 e. The number of allylic oxidation sites excluding steroid dienone is 4. The van der Waals surface area contributed by atoms with E-state index in [0.717, 1.165) is 6.42 Å². The molecule has 0 aliphatic rings. The van der Waals surface area contributed by atoms with Crippen LogP contribution in [0.4, 0.5) is 0 Å². The number of hydrogen-bond donors (Lipinski definition) is 0. The molecule has 0 aliphatic carbocycles. The van der Waals surface area contributed by atoms with E-state index in [1.54, 1.807) is 0 Å². The van der Waals surface area contributed by atoms with E-state index in [9.17, 15) is 0 Å². The Morgan fingerprint density at radius 2 is 2.22 bits per heavy atom. The van der Waals surface area contributed by atoms with Crippen molar-refractivity contribution in [3.05, 3.63) is 23.8 Å². The van der Waals surface area contributed by atoms with Crippen LogP contribution in [0.5, 0.6) is 0 Å². The van der Waals surface area contributed by atoms with Gasteiger partial charge < -0.3 is 0 Å². The van der Waals surface area contributed by atoms with Gasteiger partial charge in [0.2, 0.25) is 0 Å². The summed E-state index contributed by atoms with van der Waals surface area (Å²) in [6.07, 6.45) is 7.21. The molecule has 0 spiro atoms. The van der Waals surface area contributed by atoms with Crippen molar-refractivity contribution in [2.24, 2.45) is 0 Å². The maximum Gasteiger partial charge on any atom is 0.0407 e. The third-order valence-electron chi connectivity index (χ3n) is 1.20. The Morgan fingerprint density at radius 1 is 1.56 bits per heavy atom. The summed E-state index contributed by atoms with van der Waals surface area (Å²) in [5.41, 5.74) is 1.34. The van der Waals surface area contributed by atoms with Crippen LogP contribution in [0.15, 0.2) is 23.8 Å². The Balaban J connectivity index is 3.70. The molecule has 0 radical (unpaired) electrons. The topological polar surface area (TPSA) is 0 Å². The third kappa shape index (κ3) is 4.28. The fourth-order valence-corrected chi connectivity index (χ4v) is 0.703. The van der Waals surface area contributed by atoms with Crippen LogP contribution >= 0.6 is 11.6 Å². The lowest BCUT2D eigenvalue weighted by Gasteiger charge is -1.91. The zero-order chi connectivity index (χ0) is 7.11. The van der Waals surface area contributed by atoms with Gasteiger partial charge in [-0.3, -0.25) is 0 Å². The van der Waals surface area contributed by atoms with Crippen molar-refractivity contribution in [1.82, 2.24) is 0 Å². The number of hydrogen-bond acceptors (Lipinski definition) is 0. The second kappa shape index (κ2) is 5.90. The molecule has 0 amide bonds. The van der Waals surface area contributed by atoms with Gasteiger partial charge in [-0.2, -0.15) is 0 Å². The highest BCUT2D eigenvalue weighted by Crippen LogP contribution is 2.01. The minimum Gasteiger partial charge on any atom is -0.122 e. The summed E-state index contributed by atoms with van der Waals surface area (Å²) in [6, 6.07) is 0. The molecule has 0 aliphatic heterocycles. The van der Waals surface area contributed by atoms with Crippen molar-refractivity contribution >= 4 is 11.6 Å². The summed E-state index contributed by atoms with van der Waals surface area (Å²) >= 11 is 5.45. The van der Waals surface area contributed by atoms with Gasteiger partial charge in [0, 0.05) is 5.88 Å². The summed E-state index contributed by atoms with van der Waals surface area (Å²) < 4.78 is 0. The first-order valence-electron chi connectivity index (χ1n) is 3.22. The highest BCUT2D eigenvalue weighted by molar-refractivity contribution is 6.18. The molecule has 0 saturated carbocycles. The van der Waals surface area contributed by atoms with Crippen molar-refractivity contribution in [3.8, 4) is 0 Å². The van der Waals surface area contributed by atoms with E-state index in [-0.39, 0.29) is 0 Å². The fraction of sp³-hybridized carbons (Fsp3) is 0.500. The molecule has 0 aromatic carbocycles. The van der Waals surface area contributed by atoms with Gasteiger partial charge in [-0.15, -0.1) is 11.6 Å². The minimum absolute atomic E-state index is 0.608. The second-order valence-electron chi connectivity index (χ2n) is 1.77. The molecule has 0 aromatic rings. The van der Waals surface area contributed by atoms with Gasteiger partial charge in [0.1, 0.15) is 0 Å². The van der Waals surface area contributed by atoms with E-state index in [1.165, 1.54) is 5.57 Å². The first kappa shape index (κ1) is 8.77. The number of halogens is 1. The molecule has 0 unspecified atom stereocenters. The summed E-state index contributed by atoms with van der Waals surface area (Å²) in [5, 5.41) is 0. The molecule has 0 heterocycles. The van der Waals surface area contributed by atoms with Crippen LogP contribution in [0.1, 0.15) is 20.3 Å². The van der Waals surface area contributed by atoms with Gasteiger partial charge in [-0.05, 0) is 13.3 Å². The first-order chi connectivity index (χ1) is 4.35. The molecule has 52 valence electrons. The van der Waals surface area contributed by atoms with E-state index in [2.05, 4.69) is 19.1 Å². The summed E-state index contributed by atoms with van der Waals surface area (Å²) in [7, 11) is 0. The van der Waals surface area contributed by atoms with E-state index >= 15 is 0 Å². The average molecular weight is 145 g/mol. The van der Waals surface area contributed by atoms with Gasteiger partial charge >= 0.3 is 0 Å². The maximum atomic E-state index is 5.45. The van der Waals surface area contributed by atoms with Crippen molar-refractivity contribution in [2.75, 3.05) is 5.88 Å². The van der Waals surface area contributed by atoms with Gasteiger partial charge in [0.05, 0.1) is 0 Å². The fourth-order valence-electron chi connectivity index (χ4n) is 0.614. The number of alkyl halides is 1. The summed E-state index contributed by atoms with van der Waals surface area (Å²) in [4.78, 5) is 0. The molecule has 0 bridgehead atoms. The summed E-state index contributed by atoms with van der Waals surface area (Å²) in [5.74, 6) is 0.608. The molecule has 0 aromatic heterocycles. The standard InChI is InChI=1S/C8H13Cl/c1-3-8(4-2)6-5-7-9/h3,5-6H,4,7H2,1-2H3/b6-5-,8-3-. The highest BCUT2D eigenvalue weighted by Gasteiger charge is 1.81. The van der Waals surface area contributed by atoms with Crippen LogP contribution in [-0.4, -0.2) is 5.88 Å². The van der Waals surface area contributed by atoms with Crippen LogP contribution in [0.2, 0.25) is 0 Å². The molecule has 0 N–H and O–H groups in total. The Hall–Kier alpha value is -0.230. The SMILES string of the molecule is C/C=C(\C=C/CCl)CC. The molecule has 9 heavy (non-hydrogen) atoms. The van der Waals surface area contributed by atoms with Crippen molar-refractivity contribution in [3.63, 3.8) is 0 Å². The predicted octanol–water partition coefficient (Wildman–Crippen LogP) is 3.14. The highest BCUT2D eigenvalue weighted by atomic mass is 35.5. The van der Waals surface area contributed by atoms with Crippen LogP contribution in [0.3, 0.4) is 0 Å². The van der Waals surface area contributed by atoms with Gasteiger partial charge in [0.15, 0.2) is 0 Å². The monoisotopic (exact) mass is 144 g/mol. The quantitative estimate of drug-likeness (QED) is 0.422. The predicted molar refractivity (Wildman–Crippen MR) is 43.9 cm³/mol. The molecule has 0 fully saturated rings. The van der Waals surface area contributed by atoms with Crippen LogP contribution in [-0.2, 0) is 0 Å². The third-order valence-corrected chi connectivity index (χ3v) is 1.38. The van der Waals surface area contributed by atoms with Gasteiger partial charge in [-0.1, -0.05) is 30.7 Å². The Kier molecular flexibility index (Phi) is 5.75. The Bertz CT molecular complexity index is 112. The average Bonchev–Trinajstić information content (AvgIpc) is 1.91. The van der Waals surface area contributed by atoms with Crippen LogP contribution in [0.25, 0.3) is 0 Å². The van der Waals surface area contributed by atoms with Crippen molar-refractivity contribution in [1.29, 1.82) is 0 Å². The molecule has 0 nitrogen and oxygen atoms in total. The van der Waals surface area contributed by atoms with E-state index < -0.39 is 0 Å².